The highest BCUT2D eigenvalue weighted by atomic mass is 16.4. The van der Waals surface area contributed by atoms with Crippen molar-refractivity contribution in [3.63, 3.8) is 0 Å². The Kier molecular flexibility index (Phi) is 2.27. The van der Waals surface area contributed by atoms with Crippen molar-refractivity contribution in [1.29, 1.82) is 0 Å². The van der Waals surface area contributed by atoms with Crippen molar-refractivity contribution in [2.24, 2.45) is 0 Å². The van der Waals surface area contributed by atoms with Crippen LogP contribution in [0.15, 0.2) is 18.2 Å². The molecule has 0 saturated heterocycles. The molecule has 1 heterocycles. The summed E-state index contributed by atoms with van der Waals surface area (Å²) in [7, 11) is 0. The van der Waals surface area contributed by atoms with E-state index in [0.29, 0.717) is 0 Å². The first-order valence-corrected chi connectivity index (χ1v) is 4.90. The van der Waals surface area contributed by atoms with Crippen LogP contribution in [0.5, 0.6) is 0 Å². The SMILES string of the molecule is Cc1ccc(C)c2nc(N)c(C(=O)O)cc12. The zero-order valence-corrected chi connectivity index (χ0v) is 9.11. The maximum absolute atomic E-state index is 10.9. The summed E-state index contributed by atoms with van der Waals surface area (Å²) in [6.07, 6.45) is 0. The van der Waals surface area contributed by atoms with Gasteiger partial charge < -0.3 is 10.8 Å². The molecule has 0 aliphatic carbocycles. The van der Waals surface area contributed by atoms with Crippen molar-refractivity contribution in [3.8, 4) is 0 Å². The molecule has 0 aliphatic rings. The summed E-state index contributed by atoms with van der Waals surface area (Å²) in [5.41, 5.74) is 8.42. The van der Waals surface area contributed by atoms with Crippen LogP contribution in [0.1, 0.15) is 21.5 Å². The van der Waals surface area contributed by atoms with Crippen molar-refractivity contribution < 1.29 is 9.90 Å². The van der Waals surface area contributed by atoms with Crippen LogP contribution in [0.4, 0.5) is 5.82 Å². The molecule has 0 unspecified atom stereocenters. The fourth-order valence-corrected chi connectivity index (χ4v) is 1.72. The molecule has 0 saturated carbocycles. The number of aromatic carboxylic acids is 1. The molecular formula is C12H12N2O2. The van der Waals surface area contributed by atoms with Gasteiger partial charge in [-0.1, -0.05) is 12.1 Å². The minimum atomic E-state index is -1.05. The zero-order chi connectivity index (χ0) is 11.9. The van der Waals surface area contributed by atoms with E-state index in [-0.39, 0.29) is 11.4 Å². The van der Waals surface area contributed by atoms with Gasteiger partial charge in [0.1, 0.15) is 11.4 Å². The first-order chi connectivity index (χ1) is 7.50. The predicted molar refractivity (Wildman–Crippen MR) is 62.6 cm³/mol. The lowest BCUT2D eigenvalue weighted by atomic mass is 10.0. The summed E-state index contributed by atoms with van der Waals surface area (Å²) in [5, 5.41) is 9.80. The minimum absolute atomic E-state index is 0.0567. The Morgan fingerprint density at radius 3 is 2.56 bits per heavy atom. The first-order valence-electron chi connectivity index (χ1n) is 4.90. The number of hydrogen-bond acceptors (Lipinski definition) is 3. The van der Waals surface area contributed by atoms with Crippen LogP contribution in [-0.2, 0) is 0 Å². The van der Waals surface area contributed by atoms with Crippen LogP contribution < -0.4 is 5.73 Å². The Labute approximate surface area is 92.7 Å². The van der Waals surface area contributed by atoms with Crippen molar-refractivity contribution in [1.82, 2.24) is 4.98 Å². The highest BCUT2D eigenvalue weighted by molar-refractivity contribution is 5.98. The van der Waals surface area contributed by atoms with Gasteiger partial charge in [0.15, 0.2) is 0 Å². The van der Waals surface area contributed by atoms with Crippen LogP contribution in [0.2, 0.25) is 0 Å². The molecule has 3 N–H and O–H groups in total. The van der Waals surface area contributed by atoms with Crippen LogP contribution in [-0.4, -0.2) is 16.1 Å². The van der Waals surface area contributed by atoms with Gasteiger partial charge in [0, 0.05) is 5.39 Å². The number of pyridine rings is 1. The van der Waals surface area contributed by atoms with E-state index < -0.39 is 5.97 Å². The summed E-state index contributed by atoms with van der Waals surface area (Å²) in [4.78, 5) is 15.1. The highest BCUT2D eigenvalue weighted by Crippen LogP contribution is 2.24. The average Bonchev–Trinajstić information content (AvgIpc) is 2.23. The number of hydrogen-bond donors (Lipinski definition) is 2. The third-order valence-corrected chi connectivity index (χ3v) is 2.66. The summed E-state index contributed by atoms with van der Waals surface area (Å²) < 4.78 is 0. The van der Waals surface area contributed by atoms with E-state index in [1.54, 1.807) is 6.07 Å². The topological polar surface area (TPSA) is 76.2 Å². The number of carboxylic acid groups (broad SMARTS) is 1. The number of anilines is 1. The Morgan fingerprint density at radius 2 is 1.94 bits per heavy atom. The second kappa shape index (κ2) is 3.48. The molecule has 2 aromatic rings. The number of aryl methyl sites for hydroxylation is 2. The van der Waals surface area contributed by atoms with E-state index in [1.807, 2.05) is 26.0 Å². The maximum atomic E-state index is 10.9. The van der Waals surface area contributed by atoms with Gasteiger partial charge in [-0.05, 0) is 31.0 Å². The van der Waals surface area contributed by atoms with E-state index in [4.69, 9.17) is 10.8 Å². The Morgan fingerprint density at radius 1 is 1.31 bits per heavy atom. The first kappa shape index (κ1) is 10.4. The lowest BCUT2D eigenvalue weighted by molar-refractivity contribution is 0.0698. The molecule has 0 atom stereocenters. The fraction of sp³-hybridized carbons (Fsp3) is 0.167. The fourth-order valence-electron chi connectivity index (χ4n) is 1.72. The minimum Gasteiger partial charge on any atom is -0.478 e. The Bertz CT molecular complexity index is 591. The average molecular weight is 216 g/mol. The second-order valence-corrected chi connectivity index (χ2v) is 3.82. The molecule has 0 radical (unpaired) electrons. The largest absolute Gasteiger partial charge is 0.478 e. The van der Waals surface area contributed by atoms with Gasteiger partial charge in [-0.2, -0.15) is 0 Å². The predicted octanol–water partition coefficient (Wildman–Crippen LogP) is 2.13. The van der Waals surface area contributed by atoms with Gasteiger partial charge in [0.2, 0.25) is 0 Å². The van der Waals surface area contributed by atoms with Gasteiger partial charge in [-0.25, -0.2) is 9.78 Å². The van der Waals surface area contributed by atoms with Crippen molar-refractivity contribution >= 4 is 22.7 Å². The van der Waals surface area contributed by atoms with E-state index in [0.717, 1.165) is 22.0 Å². The molecular weight excluding hydrogens is 204 g/mol. The van der Waals surface area contributed by atoms with Gasteiger partial charge in [-0.15, -0.1) is 0 Å². The number of nitrogen functional groups attached to an aromatic ring is 1. The van der Waals surface area contributed by atoms with Crippen molar-refractivity contribution in [3.05, 3.63) is 34.9 Å². The number of benzene rings is 1. The van der Waals surface area contributed by atoms with Gasteiger partial charge in [0.25, 0.3) is 0 Å². The molecule has 0 amide bonds. The molecule has 1 aromatic heterocycles. The molecule has 4 heteroatoms. The van der Waals surface area contributed by atoms with E-state index >= 15 is 0 Å². The van der Waals surface area contributed by atoms with Crippen LogP contribution >= 0.6 is 0 Å². The quantitative estimate of drug-likeness (QED) is 0.765. The molecule has 82 valence electrons. The lowest BCUT2D eigenvalue weighted by Gasteiger charge is -2.07. The van der Waals surface area contributed by atoms with Gasteiger partial charge in [0.05, 0.1) is 5.52 Å². The molecule has 2 rings (SSSR count). The highest BCUT2D eigenvalue weighted by Gasteiger charge is 2.12. The molecule has 0 bridgehead atoms. The number of carboxylic acids is 1. The Balaban J connectivity index is 2.89. The normalized spacial score (nSPS) is 10.6. The maximum Gasteiger partial charge on any atom is 0.339 e. The zero-order valence-electron chi connectivity index (χ0n) is 9.11. The van der Waals surface area contributed by atoms with Crippen molar-refractivity contribution in [2.45, 2.75) is 13.8 Å². The molecule has 0 fully saturated rings. The number of carbonyl (C=O) groups is 1. The number of nitrogens with two attached hydrogens (primary N) is 1. The number of nitrogens with zero attached hydrogens (tertiary/aromatic N) is 1. The van der Waals surface area contributed by atoms with E-state index in [2.05, 4.69) is 4.98 Å². The molecule has 0 aliphatic heterocycles. The summed E-state index contributed by atoms with van der Waals surface area (Å²) in [6, 6.07) is 5.48. The summed E-state index contributed by atoms with van der Waals surface area (Å²) >= 11 is 0. The number of aromatic nitrogens is 1. The molecule has 16 heavy (non-hydrogen) atoms. The smallest absolute Gasteiger partial charge is 0.339 e. The van der Waals surface area contributed by atoms with Crippen molar-refractivity contribution in [2.75, 3.05) is 5.73 Å². The van der Waals surface area contributed by atoms with Gasteiger partial charge >= 0.3 is 5.97 Å². The number of fused-ring (bicyclic) bond motifs is 1. The summed E-state index contributed by atoms with van der Waals surface area (Å²) in [6.45, 7) is 3.85. The lowest BCUT2D eigenvalue weighted by Crippen LogP contribution is -2.05. The standard InChI is InChI=1S/C12H12N2O2/c1-6-3-4-7(2)10-8(6)5-9(12(15)16)11(13)14-10/h3-5H,1-2H3,(H2,13,14)(H,15,16). The van der Waals surface area contributed by atoms with E-state index in [1.165, 1.54) is 0 Å². The Hall–Kier alpha value is -2.10. The summed E-state index contributed by atoms with van der Waals surface area (Å²) in [5.74, 6) is -0.985. The third-order valence-electron chi connectivity index (χ3n) is 2.66. The molecule has 0 spiro atoms. The molecule has 1 aromatic carbocycles. The van der Waals surface area contributed by atoms with E-state index in [9.17, 15) is 4.79 Å². The van der Waals surface area contributed by atoms with Gasteiger partial charge in [-0.3, -0.25) is 0 Å². The monoisotopic (exact) mass is 216 g/mol. The molecule has 4 nitrogen and oxygen atoms in total. The van der Waals surface area contributed by atoms with Crippen LogP contribution in [0.3, 0.4) is 0 Å². The number of rotatable bonds is 1. The second-order valence-electron chi connectivity index (χ2n) is 3.82. The van der Waals surface area contributed by atoms with Crippen LogP contribution in [0.25, 0.3) is 10.9 Å². The third kappa shape index (κ3) is 1.48. The van der Waals surface area contributed by atoms with Crippen LogP contribution in [0, 0.1) is 13.8 Å².